The lowest BCUT2D eigenvalue weighted by atomic mass is 9.77. The standard InChI is InChI=1S/C29H34N6O2/c1-4-21-7-5-8-22(17-21)33-27-23-18-26(25(30-2)19-24(23)31-20-32-27)37-16-6-12-35-14-10-29(11-15-35)9-13-34(3)28(29)36/h1,5,7-8,17-20,30H,6,9-16H2,2-3H3,(H,31,32,33). The Kier molecular flexibility index (Phi) is 7.15. The number of rotatable bonds is 8. The molecule has 2 aromatic carbocycles. The van der Waals surface area contributed by atoms with Gasteiger partial charge in [0.1, 0.15) is 17.9 Å². The summed E-state index contributed by atoms with van der Waals surface area (Å²) >= 11 is 0. The fourth-order valence-corrected chi connectivity index (χ4v) is 5.45. The van der Waals surface area contributed by atoms with E-state index in [1.165, 1.54) is 0 Å². The maximum Gasteiger partial charge on any atom is 0.228 e. The minimum atomic E-state index is -0.107. The highest BCUT2D eigenvalue weighted by Gasteiger charge is 2.46. The first-order chi connectivity index (χ1) is 18.0. The van der Waals surface area contributed by atoms with Gasteiger partial charge in [0, 0.05) is 43.8 Å². The lowest BCUT2D eigenvalue weighted by Gasteiger charge is -2.37. The fraction of sp³-hybridized carbons (Fsp3) is 0.414. The van der Waals surface area contributed by atoms with Crippen molar-refractivity contribution in [3.63, 3.8) is 0 Å². The molecule has 2 N–H and O–H groups in total. The van der Waals surface area contributed by atoms with E-state index in [1.807, 2.05) is 55.4 Å². The number of ether oxygens (including phenoxy) is 1. The van der Waals surface area contributed by atoms with Gasteiger partial charge in [-0.3, -0.25) is 4.79 Å². The van der Waals surface area contributed by atoms with Gasteiger partial charge in [-0.25, -0.2) is 9.97 Å². The first-order valence-corrected chi connectivity index (χ1v) is 12.9. The van der Waals surface area contributed by atoms with E-state index in [-0.39, 0.29) is 5.41 Å². The van der Waals surface area contributed by atoms with Crippen LogP contribution < -0.4 is 15.4 Å². The van der Waals surface area contributed by atoms with E-state index < -0.39 is 0 Å². The van der Waals surface area contributed by atoms with Gasteiger partial charge in [-0.15, -0.1) is 6.42 Å². The summed E-state index contributed by atoms with van der Waals surface area (Å²) < 4.78 is 6.23. The zero-order chi connectivity index (χ0) is 25.8. The van der Waals surface area contributed by atoms with Crippen molar-refractivity contribution in [3.05, 3.63) is 48.3 Å². The summed E-state index contributed by atoms with van der Waals surface area (Å²) in [4.78, 5) is 25.8. The molecule has 1 amide bonds. The molecule has 0 unspecified atom stereocenters. The molecule has 2 saturated heterocycles. The van der Waals surface area contributed by atoms with Crippen molar-refractivity contribution in [2.24, 2.45) is 5.41 Å². The highest BCUT2D eigenvalue weighted by molar-refractivity contribution is 5.94. The van der Waals surface area contributed by atoms with Crippen molar-refractivity contribution in [1.82, 2.24) is 19.8 Å². The lowest BCUT2D eigenvalue weighted by molar-refractivity contribution is -0.137. The number of carbonyl (C=O) groups is 1. The molecule has 2 fully saturated rings. The Morgan fingerprint density at radius 3 is 2.68 bits per heavy atom. The molecule has 1 aromatic heterocycles. The molecule has 8 heteroatoms. The second kappa shape index (κ2) is 10.7. The SMILES string of the molecule is C#Cc1cccc(Nc2ncnc3cc(NC)c(OCCCN4CCC5(CC4)CCN(C)C5=O)cc23)c1. The second-order valence-electron chi connectivity index (χ2n) is 9.99. The van der Waals surface area contributed by atoms with Gasteiger partial charge in [0.05, 0.1) is 23.2 Å². The average molecular weight is 499 g/mol. The van der Waals surface area contributed by atoms with Crippen molar-refractivity contribution < 1.29 is 9.53 Å². The van der Waals surface area contributed by atoms with Crippen LogP contribution in [0.2, 0.25) is 0 Å². The monoisotopic (exact) mass is 498 g/mol. The van der Waals surface area contributed by atoms with E-state index in [4.69, 9.17) is 11.2 Å². The topological polar surface area (TPSA) is 82.6 Å². The lowest BCUT2D eigenvalue weighted by Crippen LogP contribution is -2.44. The molecule has 3 aromatic rings. The maximum atomic E-state index is 12.6. The number of terminal acetylenes is 1. The first-order valence-electron chi connectivity index (χ1n) is 12.9. The van der Waals surface area contributed by atoms with Crippen LogP contribution in [0.1, 0.15) is 31.2 Å². The number of likely N-dealkylation sites (tertiary alicyclic amines) is 2. The number of benzene rings is 2. The van der Waals surface area contributed by atoms with Crippen molar-refractivity contribution >= 4 is 34.0 Å². The second-order valence-corrected chi connectivity index (χ2v) is 9.99. The van der Waals surface area contributed by atoms with Gasteiger partial charge < -0.3 is 25.2 Å². The van der Waals surface area contributed by atoms with Gasteiger partial charge in [-0.1, -0.05) is 12.0 Å². The Labute approximate surface area is 218 Å². The summed E-state index contributed by atoms with van der Waals surface area (Å²) in [6, 6.07) is 11.6. The van der Waals surface area contributed by atoms with E-state index in [0.29, 0.717) is 18.3 Å². The van der Waals surface area contributed by atoms with Crippen LogP contribution in [0.3, 0.4) is 0 Å². The number of anilines is 3. The maximum absolute atomic E-state index is 12.6. The van der Waals surface area contributed by atoms with Crippen molar-refractivity contribution in [1.29, 1.82) is 0 Å². The Morgan fingerprint density at radius 2 is 1.95 bits per heavy atom. The summed E-state index contributed by atoms with van der Waals surface area (Å²) in [5.41, 5.74) is 3.26. The Hall–Kier alpha value is -3.83. The molecular weight excluding hydrogens is 464 g/mol. The molecule has 0 atom stereocenters. The minimum absolute atomic E-state index is 0.107. The minimum Gasteiger partial charge on any atom is -0.491 e. The summed E-state index contributed by atoms with van der Waals surface area (Å²) in [5, 5.41) is 7.46. The van der Waals surface area contributed by atoms with Crippen LogP contribution in [0.5, 0.6) is 5.75 Å². The zero-order valence-corrected chi connectivity index (χ0v) is 21.6. The quantitative estimate of drug-likeness (QED) is 0.357. The van der Waals surface area contributed by atoms with Crippen LogP contribution >= 0.6 is 0 Å². The number of hydrogen-bond donors (Lipinski definition) is 2. The van der Waals surface area contributed by atoms with E-state index >= 15 is 0 Å². The van der Waals surface area contributed by atoms with Gasteiger partial charge in [0.2, 0.25) is 5.91 Å². The largest absolute Gasteiger partial charge is 0.491 e. The summed E-state index contributed by atoms with van der Waals surface area (Å²) in [6.45, 7) is 4.41. The Bertz CT molecular complexity index is 1330. The third kappa shape index (κ3) is 5.18. The third-order valence-corrected chi connectivity index (χ3v) is 7.71. The highest BCUT2D eigenvalue weighted by Crippen LogP contribution is 2.41. The predicted molar refractivity (Wildman–Crippen MR) is 147 cm³/mol. The number of aromatic nitrogens is 2. The van der Waals surface area contributed by atoms with Gasteiger partial charge in [0.15, 0.2) is 0 Å². The first kappa shape index (κ1) is 24.8. The van der Waals surface area contributed by atoms with E-state index in [2.05, 4.69) is 31.4 Å². The fourth-order valence-electron chi connectivity index (χ4n) is 5.45. The molecule has 0 saturated carbocycles. The van der Waals surface area contributed by atoms with Gasteiger partial charge in [0.25, 0.3) is 0 Å². The number of piperidine rings is 1. The van der Waals surface area contributed by atoms with Crippen LogP contribution in [0.4, 0.5) is 17.2 Å². The van der Waals surface area contributed by atoms with Crippen molar-refractivity contribution in [2.75, 3.05) is 57.5 Å². The molecule has 1 spiro atoms. The average Bonchev–Trinajstić information content (AvgIpc) is 3.20. The molecule has 5 rings (SSSR count). The van der Waals surface area contributed by atoms with E-state index in [9.17, 15) is 4.79 Å². The zero-order valence-electron chi connectivity index (χ0n) is 21.6. The van der Waals surface area contributed by atoms with Crippen LogP contribution in [0.15, 0.2) is 42.7 Å². The number of carbonyl (C=O) groups excluding carboxylic acids is 1. The smallest absolute Gasteiger partial charge is 0.228 e. The molecule has 2 aliphatic rings. The van der Waals surface area contributed by atoms with Crippen LogP contribution in [-0.4, -0.2) is 72.6 Å². The van der Waals surface area contributed by atoms with E-state index in [0.717, 1.165) is 85.5 Å². The van der Waals surface area contributed by atoms with E-state index in [1.54, 1.807) is 6.33 Å². The van der Waals surface area contributed by atoms with Crippen LogP contribution in [-0.2, 0) is 4.79 Å². The van der Waals surface area contributed by atoms with Crippen molar-refractivity contribution in [2.45, 2.75) is 25.7 Å². The molecule has 0 aliphatic carbocycles. The molecule has 192 valence electrons. The van der Waals surface area contributed by atoms with Crippen LogP contribution in [0.25, 0.3) is 10.9 Å². The molecule has 2 aliphatic heterocycles. The number of nitrogens with zero attached hydrogens (tertiary/aromatic N) is 4. The summed E-state index contributed by atoms with van der Waals surface area (Å²) in [6.07, 6.45) is 10.9. The van der Waals surface area contributed by atoms with Crippen LogP contribution in [0, 0.1) is 17.8 Å². The third-order valence-electron chi connectivity index (χ3n) is 7.71. The Balaban J connectivity index is 1.22. The molecule has 37 heavy (non-hydrogen) atoms. The molecule has 3 heterocycles. The number of hydrogen-bond acceptors (Lipinski definition) is 7. The number of nitrogens with one attached hydrogen (secondary N) is 2. The molecule has 8 nitrogen and oxygen atoms in total. The summed E-state index contributed by atoms with van der Waals surface area (Å²) in [7, 11) is 3.81. The normalized spacial score (nSPS) is 17.2. The highest BCUT2D eigenvalue weighted by atomic mass is 16.5. The number of amides is 1. The van der Waals surface area contributed by atoms with Gasteiger partial charge >= 0.3 is 0 Å². The summed E-state index contributed by atoms with van der Waals surface area (Å²) in [5.74, 6) is 4.46. The molecule has 0 radical (unpaired) electrons. The van der Waals surface area contributed by atoms with Gasteiger partial charge in [-0.05, 0) is 69.1 Å². The number of fused-ring (bicyclic) bond motifs is 1. The predicted octanol–water partition coefficient (Wildman–Crippen LogP) is 4.11. The molecular formula is C29H34N6O2. The van der Waals surface area contributed by atoms with Crippen molar-refractivity contribution in [3.8, 4) is 18.1 Å². The molecule has 0 bridgehead atoms. The Morgan fingerprint density at radius 1 is 1.14 bits per heavy atom. The van der Waals surface area contributed by atoms with Gasteiger partial charge in [-0.2, -0.15) is 0 Å².